The fraction of sp³-hybridized carbons (Fsp3) is 0.533. The van der Waals surface area contributed by atoms with Crippen LogP contribution in [-0.4, -0.2) is 47.0 Å². The Bertz CT molecular complexity index is 557. The molecule has 0 radical (unpaired) electrons. The minimum absolute atomic E-state index is 0.175. The Labute approximate surface area is 124 Å². The van der Waals surface area contributed by atoms with E-state index in [0.717, 1.165) is 50.5 Å². The molecule has 0 aliphatic carbocycles. The number of nitrogens with one attached hydrogen (secondary N) is 1. The van der Waals surface area contributed by atoms with Gasteiger partial charge in [0.15, 0.2) is 5.82 Å². The Hall–Kier alpha value is -1.79. The van der Waals surface area contributed by atoms with Crippen LogP contribution in [0.4, 0.5) is 0 Å². The van der Waals surface area contributed by atoms with Gasteiger partial charge in [-0.3, -0.25) is 0 Å². The molecule has 0 unspecified atom stereocenters. The summed E-state index contributed by atoms with van der Waals surface area (Å²) in [6, 6.07) is 10.0. The minimum atomic E-state index is 0.175. The lowest BCUT2D eigenvalue weighted by molar-refractivity contribution is 0.0146. The second-order valence-electron chi connectivity index (χ2n) is 5.66. The van der Waals surface area contributed by atoms with Crippen molar-refractivity contribution < 1.29 is 4.74 Å². The highest BCUT2D eigenvalue weighted by Crippen LogP contribution is 2.33. The van der Waals surface area contributed by atoms with Gasteiger partial charge in [0.25, 0.3) is 0 Å². The SMILES string of the molecule is CNCC1(Cc2nnnn2-c2ccccc2)CCOCC1. The van der Waals surface area contributed by atoms with Crippen LogP contribution in [0.25, 0.3) is 5.69 Å². The van der Waals surface area contributed by atoms with E-state index in [4.69, 9.17) is 4.74 Å². The highest BCUT2D eigenvalue weighted by molar-refractivity contribution is 5.30. The summed E-state index contributed by atoms with van der Waals surface area (Å²) in [5.41, 5.74) is 1.18. The third kappa shape index (κ3) is 3.11. The molecule has 0 amide bonds. The summed E-state index contributed by atoms with van der Waals surface area (Å²) in [4.78, 5) is 0. The molecular weight excluding hydrogens is 266 g/mol. The molecule has 1 N–H and O–H groups in total. The molecule has 1 aliphatic heterocycles. The van der Waals surface area contributed by atoms with Gasteiger partial charge < -0.3 is 10.1 Å². The number of ether oxygens (including phenoxy) is 1. The maximum Gasteiger partial charge on any atom is 0.157 e. The summed E-state index contributed by atoms with van der Waals surface area (Å²) in [6.45, 7) is 2.58. The van der Waals surface area contributed by atoms with Crippen LogP contribution < -0.4 is 5.32 Å². The Kier molecular flexibility index (Phi) is 4.26. The number of aromatic nitrogens is 4. The summed E-state index contributed by atoms with van der Waals surface area (Å²) in [6.07, 6.45) is 2.93. The van der Waals surface area contributed by atoms with Crippen molar-refractivity contribution in [1.82, 2.24) is 25.5 Å². The van der Waals surface area contributed by atoms with Crippen LogP contribution in [0.5, 0.6) is 0 Å². The van der Waals surface area contributed by atoms with E-state index in [1.165, 1.54) is 0 Å². The van der Waals surface area contributed by atoms with E-state index >= 15 is 0 Å². The van der Waals surface area contributed by atoms with Gasteiger partial charge >= 0.3 is 0 Å². The molecule has 0 bridgehead atoms. The first-order valence-corrected chi connectivity index (χ1v) is 7.38. The average Bonchev–Trinajstić information content (AvgIpc) is 2.97. The Morgan fingerprint density at radius 2 is 2.00 bits per heavy atom. The van der Waals surface area contributed by atoms with E-state index in [-0.39, 0.29) is 5.41 Å². The Morgan fingerprint density at radius 1 is 1.24 bits per heavy atom. The van der Waals surface area contributed by atoms with Crippen LogP contribution in [-0.2, 0) is 11.2 Å². The monoisotopic (exact) mass is 287 g/mol. The van der Waals surface area contributed by atoms with Crippen molar-refractivity contribution in [3.8, 4) is 5.69 Å². The van der Waals surface area contributed by atoms with Crippen LogP contribution in [0.3, 0.4) is 0 Å². The normalized spacial score (nSPS) is 17.8. The standard InChI is InChI=1S/C15H21N5O/c1-16-12-15(7-9-21-10-8-15)11-14-17-18-19-20(14)13-5-3-2-4-6-13/h2-6,16H,7-12H2,1H3. The molecule has 1 saturated heterocycles. The first-order chi connectivity index (χ1) is 10.3. The third-order valence-corrected chi connectivity index (χ3v) is 4.17. The molecule has 1 fully saturated rings. The summed E-state index contributed by atoms with van der Waals surface area (Å²) in [5.74, 6) is 0.915. The summed E-state index contributed by atoms with van der Waals surface area (Å²) >= 11 is 0. The fourth-order valence-electron chi connectivity index (χ4n) is 3.02. The molecule has 2 heterocycles. The van der Waals surface area contributed by atoms with E-state index in [1.54, 1.807) is 0 Å². The molecule has 1 aliphatic rings. The van der Waals surface area contributed by atoms with E-state index in [1.807, 2.05) is 42.1 Å². The Morgan fingerprint density at radius 3 is 2.71 bits per heavy atom. The van der Waals surface area contributed by atoms with E-state index < -0.39 is 0 Å². The lowest BCUT2D eigenvalue weighted by Gasteiger charge is -2.36. The van der Waals surface area contributed by atoms with Crippen LogP contribution >= 0.6 is 0 Å². The average molecular weight is 287 g/mol. The molecule has 1 aromatic heterocycles. The van der Waals surface area contributed by atoms with Crippen LogP contribution in [0.15, 0.2) is 30.3 Å². The number of rotatable bonds is 5. The molecule has 6 heteroatoms. The minimum Gasteiger partial charge on any atom is -0.381 e. The van der Waals surface area contributed by atoms with Crippen molar-refractivity contribution in [2.75, 3.05) is 26.8 Å². The molecule has 0 saturated carbocycles. The quantitative estimate of drug-likeness (QED) is 0.896. The smallest absolute Gasteiger partial charge is 0.157 e. The van der Waals surface area contributed by atoms with Gasteiger partial charge in [-0.05, 0) is 47.9 Å². The van der Waals surface area contributed by atoms with Gasteiger partial charge in [-0.1, -0.05) is 18.2 Å². The highest BCUT2D eigenvalue weighted by atomic mass is 16.5. The van der Waals surface area contributed by atoms with Gasteiger partial charge in [0.1, 0.15) is 0 Å². The van der Waals surface area contributed by atoms with Crippen molar-refractivity contribution in [3.05, 3.63) is 36.2 Å². The number of tetrazole rings is 1. The van der Waals surface area contributed by atoms with E-state index in [9.17, 15) is 0 Å². The molecular formula is C15H21N5O. The van der Waals surface area contributed by atoms with Crippen molar-refractivity contribution in [1.29, 1.82) is 0 Å². The van der Waals surface area contributed by atoms with Crippen LogP contribution in [0.2, 0.25) is 0 Å². The molecule has 0 spiro atoms. The molecule has 6 nitrogen and oxygen atoms in total. The fourth-order valence-corrected chi connectivity index (χ4v) is 3.02. The zero-order valence-corrected chi connectivity index (χ0v) is 12.3. The lowest BCUT2D eigenvalue weighted by atomic mass is 9.77. The van der Waals surface area contributed by atoms with Crippen molar-refractivity contribution >= 4 is 0 Å². The summed E-state index contributed by atoms with van der Waals surface area (Å²) < 4.78 is 7.36. The van der Waals surface area contributed by atoms with Gasteiger partial charge in [0.2, 0.25) is 0 Å². The van der Waals surface area contributed by atoms with Crippen LogP contribution in [0, 0.1) is 5.41 Å². The maximum atomic E-state index is 5.52. The van der Waals surface area contributed by atoms with Gasteiger partial charge in [-0.15, -0.1) is 5.10 Å². The predicted octanol–water partition coefficient (Wildman–Crippen LogP) is 1.22. The number of hydrogen-bond acceptors (Lipinski definition) is 5. The number of para-hydroxylation sites is 1. The Balaban J connectivity index is 1.85. The lowest BCUT2D eigenvalue weighted by Crippen LogP contribution is -2.40. The second-order valence-corrected chi connectivity index (χ2v) is 5.66. The first-order valence-electron chi connectivity index (χ1n) is 7.38. The van der Waals surface area contributed by atoms with Crippen molar-refractivity contribution in [3.63, 3.8) is 0 Å². The van der Waals surface area contributed by atoms with E-state index in [0.29, 0.717) is 0 Å². The zero-order chi connectivity index (χ0) is 14.5. The topological polar surface area (TPSA) is 64.9 Å². The second kappa shape index (κ2) is 6.32. The molecule has 21 heavy (non-hydrogen) atoms. The molecule has 1 aromatic carbocycles. The first kappa shape index (κ1) is 14.2. The number of hydrogen-bond donors (Lipinski definition) is 1. The van der Waals surface area contributed by atoms with Gasteiger partial charge in [-0.25, -0.2) is 0 Å². The third-order valence-electron chi connectivity index (χ3n) is 4.17. The molecule has 112 valence electrons. The predicted molar refractivity (Wildman–Crippen MR) is 79.3 cm³/mol. The summed E-state index contributed by atoms with van der Waals surface area (Å²) in [5, 5.41) is 15.6. The van der Waals surface area contributed by atoms with Crippen molar-refractivity contribution in [2.24, 2.45) is 5.41 Å². The zero-order valence-electron chi connectivity index (χ0n) is 12.3. The largest absolute Gasteiger partial charge is 0.381 e. The van der Waals surface area contributed by atoms with Gasteiger partial charge in [-0.2, -0.15) is 4.68 Å². The maximum absolute atomic E-state index is 5.52. The number of benzene rings is 1. The van der Waals surface area contributed by atoms with Gasteiger partial charge in [0.05, 0.1) is 5.69 Å². The van der Waals surface area contributed by atoms with E-state index in [2.05, 4.69) is 20.8 Å². The molecule has 3 rings (SSSR count). The summed E-state index contributed by atoms with van der Waals surface area (Å²) in [7, 11) is 2.00. The number of nitrogens with zero attached hydrogens (tertiary/aromatic N) is 4. The molecule has 0 atom stereocenters. The molecule has 2 aromatic rings. The van der Waals surface area contributed by atoms with Crippen LogP contribution in [0.1, 0.15) is 18.7 Å². The van der Waals surface area contributed by atoms with Crippen molar-refractivity contribution in [2.45, 2.75) is 19.3 Å². The van der Waals surface area contributed by atoms with Gasteiger partial charge in [0, 0.05) is 26.2 Å². The highest BCUT2D eigenvalue weighted by Gasteiger charge is 2.34.